The fourth-order valence-electron chi connectivity index (χ4n) is 3.16. The number of carbonyl (C=O) groups is 1. The number of anilines is 1. The molecule has 1 N–H and O–H groups in total. The Morgan fingerprint density at radius 1 is 1.46 bits per heavy atom. The average molecular weight is 344 g/mol. The van der Waals surface area contributed by atoms with Crippen LogP contribution in [-0.2, 0) is 12.8 Å². The Morgan fingerprint density at radius 2 is 2.29 bits per heavy atom. The van der Waals surface area contributed by atoms with Crippen LogP contribution in [0, 0.1) is 18.7 Å². The van der Waals surface area contributed by atoms with E-state index in [0.29, 0.717) is 27.6 Å². The van der Waals surface area contributed by atoms with E-state index in [9.17, 15) is 9.18 Å². The number of nitrogens with one attached hydrogen (secondary N) is 1. The second-order valence-corrected chi connectivity index (χ2v) is 7.47. The number of hydrogen-bond donors (Lipinski definition) is 1. The second kappa shape index (κ2) is 5.70. The Morgan fingerprint density at radius 3 is 3.12 bits per heavy atom. The summed E-state index contributed by atoms with van der Waals surface area (Å²) in [5, 5.41) is 4.05. The number of rotatable bonds is 2. The number of nitrogens with zero attached hydrogens (tertiary/aromatic N) is 1. The number of benzene rings is 1. The monoisotopic (exact) mass is 344 g/mol. The van der Waals surface area contributed by atoms with Crippen molar-refractivity contribution in [1.29, 1.82) is 0 Å². The van der Waals surface area contributed by atoms with Crippen molar-refractivity contribution in [3.05, 3.63) is 45.9 Å². The number of halogens is 1. The number of furan rings is 1. The molecule has 0 fully saturated rings. The number of carbonyl (C=O) groups excluding carboxylic acids is 1. The highest BCUT2D eigenvalue weighted by atomic mass is 32.1. The highest BCUT2D eigenvalue weighted by Crippen LogP contribution is 2.33. The zero-order valence-electron chi connectivity index (χ0n) is 13.5. The molecule has 4 rings (SSSR count). The molecule has 1 amide bonds. The lowest BCUT2D eigenvalue weighted by molar-refractivity contribution is 0.0998. The van der Waals surface area contributed by atoms with Gasteiger partial charge in [0, 0.05) is 15.8 Å². The molecule has 124 valence electrons. The van der Waals surface area contributed by atoms with Gasteiger partial charge in [-0.05, 0) is 50.3 Å². The zero-order chi connectivity index (χ0) is 16.8. The molecular weight excluding hydrogens is 327 g/mol. The van der Waals surface area contributed by atoms with Crippen molar-refractivity contribution in [2.24, 2.45) is 5.92 Å². The van der Waals surface area contributed by atoms with Gasteiger partial charge in [0.2, 0.25) is 0 Å². The first-order chi connectivity index (χ1) is 11.5. The molecule has 3 aromatic rings. The molecule has 1 atom stereocenters. The van der Waals surface area contributed by atoms with Crippen molar-refractivity contribution in [2.75, 3.05) is 5.32 Å². The minimum atomic E-state index is -0.347. The Labute approximate surface area is 142 Å². The van der Waals surface area contributed by atoms with Gasteiger partial charge in [0.25, 0.3) is 5.91 Å². The fraction of sp³-hybridized carbons (Fsp3) is 0.333. The number of amides is 1. The lowest BCUT2D eigenvalue weighted by Gasteiger charge is -2.15. The first-order valence-electron chi connectivity index (χ1n) is 8.00. The normalized spacial score (nSPS) is 17.0. The summed E-state index contributed by atoms with van der Waals surface area (Å²) in [6.45, 7) is 3.99. The Balaban J connectivity index is 1.62. The van der Waals surface area contributed by atoms with Gasteiger partial charge in [0.1, 0.15) is 11.4 Å². The van der Waals surface area contributed by atoms with Crippen molar-refractivity contribution in [3.63, 3.8) is 0 Å². The van der Waals surface area contributed by atoms with E-state index in [2.05, 4.69) is 17.2 Å². The molecule has 6 heteroatoms. The number of fused-ring (bicyclic) bond motifs is 2. The van der Waals surface area contributed by atoms with E-state index in [1.165, 1.54) is 34.4 Å². The first-order valence-corrected chi connectivity index (χ1v) is 8.81. The van der Waals surface area contributed by atoms with Crippen LogP contribution in [0.4, 0.5) is 9.52 Å². The third-order valence-electron chi connectivity index (χ3n) is 4.51. The molecule has 2 aromatic heterocycles. The van der Waals surface area contributed by atoms with E-state index in [4.69, 9.17) is 4.42 Å². The van der Waals surface area contributed by atoms with Gasteiger partial charge in [-0.25, -0.2) is 9.37 Å². The predicted octanol–water partition coefficient (Wildman–Crippen LogP) is 4.71. The minimum Gasteiger partial charge on any atom is -0.451 e. The van der Waals surface area contributed by atoms with E-state index in [-0.39, 0.29) is 17.5 Å². The highest BCUT2D eigenvalue weighted by Gasteiger charge is 2.23. The quantitative estimate of drug-likeness (QED) is 0.732. The average Bonchev–Trinajstić information content (AvgIpc) is 3.08. The van der Waals surface area contributed by atoms with Crippen LogP contribution >= 0.6 is 11.3 Å². The van der Waals surface area contributed by atoms with Gasteiger partial charge in [-0.2, -0.15) is 0 Å². The van der Waals surface area contributed by atoms with E-state index < -0.39 is 0 Å². The topological polar surface area (TPSA) is 55.1 Å². The van der Waals surface area contributed by atoms with Crippen molar-refractivity contribution in [1.82, 2.24) is 4.98 Å². The highest BCUT2D eigenvalue weighted by molar-refractivity contribution is 7.15. The second-order valence-electron chi connectivity index (χ2n) is 6.39. The summed E-state index contributed by atoms with van der Waals surface area (Å²) in [7, 11) is 0. The fourth-order valence-corrected chi connectivity index (χ4v) is 4.32. The molecule has 0 saturated heterocycles. The summed E-state index contributed by atoms with van der Waals surface area (Å²) in [5.41, 5.74) is 2.24. The van der Waals surface area contributed by atoms with Gasteiger partial charge >= 0.3 is 0 Å². The Hall–Kier alpha value is -2.21. The summed E-state index contributed by atoms with van der Waals surface area (Å²) >= 11 is 1.53. The van der Waals surface area contributed by atoms with E-state index in [1.807, 2.05) is 0 Å². The lowest BCUT2D eigenvalue weighted by atomic mass is 9.93. The van der Waals surface area contributed by atoms with Crippen LogP contribution in [0.3, 0.4) is 0 Å². The van der Waals surface area contributed by atoms with Gasteiger partial charge in [-0.3, -0.25) is 10.1 Å². The van der Waals surface area contributed by atoms with Crippen LogP contribution in [0.5, 0.6) is 0 Å². The molecule has 2 heterocycles. The maximum absolute atomic E-state index is 13.4. The van der Waals surface area contributed by atoms with Crippen LogP contribution in [0.2, 0.25) is 0 Å². The molecule has 24 heavy (non-hydrogen) atoms. The summed E-state index contributed by atoms with van der Waals surface area (Å²) in [4.78, 5) is 18.3. The smallest absolute Gasteiger partial charge is 0.293 e. The minimum absolute atomic E-state index is 0.206. The predicted molar refractivity (Wildman–Crippen MR) is 92.2 cm³/mol. The molecule has 0 unspecified atom stereocenters. The molecular formula is C18H17FN2O2S. The summed E-state index contributed by atoms with van der Waals surface area (Å²) in [5.74, 6) is 0.175. The van der Waals surface area contributed by atoms with Gasteiger partial charge < -0.3 is 4.42 Å². The number of aromatic nitrogens is 1. The van der Waals surface area contributed by atoms with Crippen molar-refractivity contribution in [2.45, 2.75) is 33.1 Å². The van der Waals surface area contributed by atoms with Crippen molar-refractivity contribution >= 4 is 33.3 Å². The summed E-state index contributed by atoms with van der Waals surface area (Å²) in [6, 6.07) is 4.25. The number of hydrogen-bond acceptors (Lipinski definition) is 4. The zero-order valence-corrected chi connectivity index (χ0v) is 14.3. The summed E-state index contributed by atoms with van der Waals surface area (Å²) < 4.78 is 19.0. The summed E-state index contributed by atoms with van der Waals surface area (Å²) in [6.07, 6.45) is 3.12. The molecule has 1 aromatic carbocycles. The maximum Gasteiger partial charge on any atom is 0.293 e. The molecule has 1 aliphatic rings. The first kappa shape index (κ1) is 15.3. The molecule has 1 aliphatic carbocycles. The SMILES string of the molecule is Cc1c(C(=O)Nc2nc3c(s2)C[C@H](C)CC3)oc2ccc(F)cc12. The van der Waals surface area contributed by atoms with Crippen LogP contribution < -0.4 is 5.32 Å². The van der Waals surface area contributed by atoms with Crippen molar-refractivity contribution in [3.8, 4) is 0 Å². The molecule has 0 saturated carbocycles. The molecule has 0 spiro atoms. The van der Waals surface area contributed by atoms with E-state index in [0.717, 1.165) is 25.0 Å². The third kappa shape index (κ3) is 2.60. The van der Waals surface area contributed by atoms with Crippen LogP contribution in [0.15, 0.2) is 22.6 Å². The van der Waals surface area contributed by atoms with E-state index >= 15 is 0 Å². The number of aryl methyl sites for hydroxylation is 2. The third-order valence-corrected chi connectivity index (χ3v) is 5.55. The van der Waals surface area contributed by atoms with Gasteiger partial charge in [-0.1, -0.05) is 6.92 Å². The Kier molecular flexibility index (Phi) is 3.64. The molecule has 0 bridgehead atoms. The molecule has 4 nitrogen and oxygen atoms in total. The lowest BCUT2D eigenvalue weighted by Crippen LogP contribution is -2.12. The van der Waals surface area contributed by atoms with Gasteiger partial charge in [-0.15, -0.1) is 11.3 Å². The van der Waals surface area contributed by atoms with E-state index in [1.54, 1.807) is 6.92 Å². The van der Waals surface area contributed by atoms with Gasteiger partial charge in [0.15, 0.2) is 10.9 Å². The number of thiazole rings is 1. The van der Waals surface area contributed by atoms with Crippen LogP contribution in [0.1, 0.15) is 40.0 Å². The van der Waals surface area contributed by atoms with Crippen molar-refractivity contribution < 1.29 is 13.6 Å². The standard InChI is InChI=1S/C18H17FN2O2S/c1-9-3-5-13-15(7-9)24-18(20-13)21-17(22)16-10(2)12-8-11(19)4-6-14(12)23-16/h4,6,8-9H,3,5,7H2,1-2H3,(H,20,21,22)/t9-/m1/s1. The Bertz CT molecular complexity index is 944. The van der Waals surface area contributed by atoms with Crippen LogP contribution in [0.25, 0.3) is 11.0 Å². The van der Waals surface area contributed by atoms with Crippen LogP contribution in [-0.4, -0.2) is 10.9 Å². The maximum atomic E-state index is 13.4. The molecule has 0 radical (unpaired) electrons. The molecule has 0 aliphatic heterocycles. The van der Waals surface area contributed by atoms with Gasteiger partial charge in [0.05, 0.1) is 5.69 Å². The largest absolute Gasteiger partial charge is 0.451 e.